The molecule has 19 heavy (non-hydrogen) atoms. The van der Waals surface area contributed by atoms with E-state index in [2.05, 4.69) is 13.5 Å². The average molecular weight is 268 g/mol. The van der Waals surface area contributed by atoms with E-state index in [-0.39, 0.29) is 5.97 Å². The van der Waals surface area contributed by atoms with Gasteiger partial charge in [-0.15, -0.1) is 6.58 Å². The second kappa shape index (κ2) is 15.3. The minimum absolute atomic E-state index is 0.0542. The summed E-state index contributed by atoms with van der Waals surface area (Å²) in [5.74, 6) is -0.0542. The average Bonchev–Trinajstić information content (AvgIpc) is 2.41. The first-order valence-corrected chi connectivity index (χ1v) is 8.07. The second-order valence-electron chi connectivity index (χ2n) is 5.23. The van der Waals surface area contributed by atoms with Gasteiger partial charge in [-0.05, 0) is 19.3 Å². The summed E-state index contributed by atoms with van der Waals surface area (Å²) in [6.45, 7) is 6.48. The molecule has 0 atom stereocenters. The van der Waals surface area contributed by atoms with Crippen LogP contribution in [0, 0.1) is 0 Å². The van der Waals surface area contributed by atoms with E-state index < -0.39 is 0 Å². The largest absolute Gasteiger partial charge is 0.466 e. The van der Waals surface area contributed by atoms with Crippen molar-refractivity contribution in [3.8, 4) is 0 Å². The maximum Gasteiger partial charge on any atom is 0.305 e. The van der Waals surface area contributed by atoms with Crippen LogP contribution in [0.2, 0.25) is 0 Å². The molecule has 0 heterocycles. The van der Waals surface area contributed by atoms with Crippen molar-refractivity contribution in [2.75, 3.05) is 6.61 Å². The molecular formula is C17H32O2. The molecule has 0 bridgehead atoms. The molecule has 0 saturated heterocycles. The molecule has 0 amide bonds. The van der Waals surface area contributed by atoms with E-state index in [0.717, 1.165) is 19.3 Å². The van der Waals surface area contributed by atoms with Crippen molar-refractivity contribution in [3.05, 3.63) is 12.7 Å². The number of unbranched alkanes of at least 4 members (excludes halogenated alkanes) is 9. The van der Waals surface area contributed by atoms with Crippen LogP contribution >= 0.6 is 0 Å². The van der Waals surface area contributed by atoms with Gasteiger partial charge in [0, 0.05) is 6.42 Å². The van der Waals surface area contributed by atoms with Gasteiger partial charge in [-0.25, -0.2) is 0 Å². The summed E-state index contributed by atoms with van der Waals surface area (Å²) < 4.78 is 5.18. The molecule has 0 aromatic rings. The Hall–Kier alpha value is -0.790. The summed E-state index contributed by atoms with van der Waals surface area (Å²) in [5, 5.41) is 0. The number of rotatable bonds is 14. The third-order valence-electron chi connectivity index (χ3n) is 3.30. The molecule has 0 N–H and O–H groups in total. The van der Waals surface area contributed by atoms with Gasteiger partial charge in [0.15, 0.2) is 0 Å². The first kappa shape index (κ1) is 18.2. The predicted molar refractivity (Wildman–Crippen MR) is 82.2 cm³/mol. The van der Waals surface area contributed by atoms with Crippen molar-refractivity contribution in [2.24, 2.45) is 0 Å². The number of hydrogen-bond acceptors (Lipinski definition) is 2. The standard InChI is InChI=1S/C17H32O2/c1-3-5-7-8-9-10-11-12-14-16-19-17(18)15-13-6-4-2/h4H,2-3,5-16H2,1H3. The van der Waals surface area contributed by atoms with Crippen molar-refractivity contribution >= 4 is 5.97 Å². The zero-order valence-electron chi connectivity index (χ0n) is 12.8. The fourth-order valence-corrected chi connectivity index (χ4v) is 2.06. The van der Waals surface area contributed by atoms with Crippen molar-refractivity contribution in [3.63, 3.8) is 0 Å². The van der Waals surface area contributed by atoms with E-state index in [0.29, 0.717) is 13.0 Å². The Morgan fingerprint density at radius 3 is 2.11 bits per heavy atom. The van der Waals surface area contributed by atoms with Gasteiger partial charge in [-0.1, -0.05) is 64.4 Å². The van der Waals surface area contributed by atoms with Crippen molar-refractivity contribution < 1.29 is 9.53 Å². The third-order valence-corrected chi connectivity index (χ3v) is 3.30. The molecule has 112 valence electrons. The van der Waals surface area contributed by atoms with Crippen LogP contribution in [-0.2, 0) is 9.53 Å². The zero-order chi connectivity index (χ0) is 14.2. The summed E-state index contributed by atoms with van der Waals surface area (Å²) in [5.41, 5.74) is 0. The van der Waals surface area contributed by atoms with Gasteiger partial charge in [0.2, 0.25) is 0 Å². The molecule has 0 fully saturated rings. The highest BCUT2D eigenvalue weighted by atomic mass is 16.5. The number of carbonyl (C=O) groups is 1. The quantitative estimate of drug-likeness (QED) is 0.239. The topological polar surface area (TPSA) is 26.3 Å². The third kappa shape index (κ3) is 15.2. The maximum atomic E-state index is 11.3. The number of allylic oxidation sites excluding steroid dienone is 1. The lowest BCUT2D eigenvalue weighted by Gasteiger charge is -2.04. The first-order chi connectivity index (χ1) is 9.31. The van der Waals surface area contributed by atoms with Crippen molar-refractivity contribution in [2.45, 2.75) is 84.0 Å². The highest BCUT2D eigenvalue weighted by Crippen LogP contribution is 2.09. The van der Waals surface area contributed by atoms with E-state index in [1.54, 1.807) is 0 Å². The fourth-order valence-electron chi connectivity index (χ4n) is 2.06. The minimum Gasteiger partial charge on any atom is -0.466 e. The van der Waals surface area contributed by atoms with Crippen LogP contribution in [-0.4, -0.2) is 12.6 Å². The Morgan fingerprint density at radius 1 is 0.947 bits per heavy atom. The molecule has 0 spiro atoms. The summed E-state index contributed by atoms with van der Waals surface area (Å²) in [7, 11) is 0. The van der Waals surface area contributed by atoms with Crippen molar-refractivity contribution in [1.82, 2.24) is 0 Å². The van der Waals surface area contributed by atoms with Crippen LogP contribution < -0.4 is 0 Å². The highest BCUT2D eigenvalue weighted by Gasteiger charge is 2.01. The Balaban J connectivity index is 3.09. The van der Waals surface area contributed by atoms with Gasteiger partial charge < -0.3 is 4.74 Å². The lowest BCUT2D eigenvalue weighted by molar-refractivity contribution is -0.143. The molecule has 0 unspecified atom stereocenters. The lowest BCUT2D eigenvalue weighted by atomic mass is 10.1. The van der Waals surface area contributed by atoms with Gasteiger partial charge in [0.25, 0.3) is 0 Å². The Kier molecular flexibility index (Phi) is 14.6. The Labute approximate surface area is 119 Å². The van der Waals surface area contributed by atoms with Crippen LogP contribution in [0.5, 0.6) is 0 Å². The van der Waals surface area contributed by atoms with Gasteiger partial charge in [-0.3, -0.25) is 4.79 Å². The van der Waals surface area contributed by atoms with E-state index in [4.69, 9.17) is 4.74 Å². The fraction of sp³-hybridized carbons (Fsp3) is 0.824. The Morgan fingerprint density at radius 2 is 1.53 bits per heavy atom. The summed E-state index contributed by atoms with van der Waals surface area (Å²) in [6.07, 6.45) is 15.8. The van der Waals surface area contributed by atoms with Crippen LogP contribution in [0.15, 0.2) is 12.7 Å². The van der Waals surface area contributed by atoms with Crippen LogP contribution in [0.3, 0.4) is 0 Å². The molecule has 0 rings (SSSR count). The van der Waals surface area contributed by atoms with Gasteiger partial charge in [-0.2, -0.15) is 0 Å². The summed E-state index contributed by atoms with van der Waals surface area (Å²) in [6, 6.07) is 0. The Bertz CT molecular complexity index is 211. The van der Waals surface area contributed by atoms with E-state index >= 15 is 0 Å². The highest BCUT2D eigenvalue weighted by molar-refractivity contribution is 5.69. The molecule has 0 aliphatic rings. The molecule has 0 saturated carbocycles. The minimum atomic E-state index is -0.0542. The molecule has 2 heteroatoms. The van der Waals surface area contributed by atoms with Gasteiger partial charge in [0.05, 0.1) is 6.61 Å². The first-order valence-electron chi connectivity index (χ1n) is 8.07. The van der Waals surface area contributed by atoms with Crippen molar-refractivity contribution in [1.29, 1.82) is 0 Å². The van der Waals surface area contributed by atoms with Crippen LogP contribution in [0.4, 0.5) is 0 Å². The number of carbonyl (C=O) groups excluding carboxylic acids is 1. The smallest absolute Gasteiger partial charge is 0.305 e. The maximum absolute atomic E-state index is 11.3. The number of ether oxygens (including phenoxy) is 1. The number of hydrogen-bond donors (Lipinski definition) is 0. The van der Waals surface area contributed by atoms with Crippen LogP contribution in [0.1, 0.15) is 84.0 Å². The zero-order valence-corrected chi connectivity index (χ0v) is 12.8. The summed E-state index contributed by atoms with van der Waals surface area (Å²) >= 11 is 0. The molecular weight excluding hydrogens is 236 g/mol. The molecule has 2 nitrogen and oxygen atoms in total. The monoisotopic (exact) mass is 268 g/mol. The molecule has 0 aliphatic carbocycles. The van der Waals surface area contributed by atoms with E-state index in [1.165, 1.54) is 51.4 Å². The van der Waals surface area contributed by atoms with E-state index in [1.807, 2.05) is 6.08 Å². The number of esters is 1. The molecule has 0 aromatic carbocycles. The normalized spacial score (nSPS) is 10.4. The van der Waals surface area contributed by atoms with Crippen LogP contribution in [0.25, 0.3) is 0 Å². The van der Waals surface area contributed by atoms with E-state index in [9.17, 15) is 4.79 Å². The molecule has 0 aliphatic heterocycles. The predicted octanol–water partition coefficient (Wildman–Crippen LogP) is 5.42. The lowest BCUT2D eigenvalue weighted by Crippen LogP contribution is -2.05. The molecule has 0 aromatic heterocycles. The van der Waals surface area contributed by atoms with Gasteiger partial charge in [0.1, 0.15) is 0 Å². The van der Waals surface area contributed by atoms with Gasteiger partial charge >= 0.3 is 5.97 Å². The molecule has 0 radical (unpaired) electrons. The second-order valence-corrected chi connectivity index (χ2v) is 5.23. The summed E-state index contributed by atoms with van der Waals surface area (Å²) in [4.78, 5) is 11.3. The SMILES string of the molecule is C=CCCCC(=O)OCCCCCCCCCCC.